The van der Waals surface area contributed by atoms with Crippen LogP contribution in [-0.2, 0) is 5.41 Å². The molecule has 2 heteroatoms. The molecule has 10 aromatic rings. The summed E-state index contributed by atoms with van der Waals surface area (Å²) in [5.74, 6) is 3.31. The van der Waals surface area contributed by atoms with Crippen molar-refractivity contribution in [3.8, 4) is 44.5 Å². The third-order valence-corrected chi connectivity index (χ3v) is 17.1. The summed E-state index contributed by atoms with van der Waals surface area (Å²) >= 11 is 0. The molecule has 304 valence electrons. The number of hydrogen-bond donors (Lipinski definition) is 0. The highest BCUT2D eigenvalue weighted by atomic mass is 16.3. The van der Waals surface area contributed by atoms with Gasteiger partial charge in [-0.05, 0) is 153 Å². The Labute approximate surface area is 373 Å². The van der Waals surface area contributed by atoms with Crippen LogP contribution in [0.5, 0.6) is 0 Å². The van der Waals surface area contributed by atoms with Crippen LogP contribution in [0, 0.1) is 29.1 Å². The molecule has 0 amide bonds. The van der Waals surface area contributed by atoms with Gasteiger partial charge in [-0.3, -0.25) is 0 Å². The number of nitrogens with zero attached hydrogens (tertiary/aromatic N) is 1. The summed E-state index contributed by atoms with van der Waals surface area (Å²) < 4.78 is 6.36. The van der Waals surface area contributed by atoms with E-state index in [4.69, 9.17) is 4.42 Å². The zero-order valence-electron chi connectivity index (χ0n) is 35.5. The van der Waals surface area contributed by atoms with Crippen LogP contribution in [0.1, 0.15) is 36.8 Å². The maximum atomic E-state index is 6.36. The first-order chi connectivity index (χ1) is 31.7. The molecule has 0 N–H and O–H groups in total. The number of anilines is 3. The van der Waals surface area contributed by atoms with Gasteiger partial charge in [-0.2, -0.15) is 0 Å². The van der Waals surface area contributed by atoms with Crippen LogP contribution in [0.15, 0.2) is 205 Å². The van der Waals surface area contributed by atoms with Gasteiger partial charge in [-0.25, -0.2) is 0 Å². The zero-order chi connectivity index (χ0) is 41.7. The maximum Gasteiger partial charge on any atom is 0.135 e. The molecular formula is C62H45NO. The van der Waals surface area contributed by atoms with E-state index in [0.717, 1.165) is 51.3 Å². The van der Waals surface area contributed by atoms with Crippen molar-refractivity contribution in [2.24, 2.45) is 29.1 Å². The van der Waals surface area contributed by atoms with Crippen LogP contribution in [-0.4, -0.2) is 0 Å². The molecule has 1 aromatic heterocycles. The smallest absolute Gasteiger partial charge is 0.135 e. The van der Waals surface area contributed by atoms with E-state index in [-0.39, 0.29) is 5.41 Å². The Morgan fingerprint density at radius 3 is 1.97 bits per heavy atom. The summed E-state index contributed by atoms with van der Waals surface area (Å²) in [6, 6.07) is 74.9. The Bertz CT molecular complexity index is 3580. The molecule has 0 radical (unpaired) electrons. The number of hydrogen-bond acceptors (Lipinski definition) is 2. The average Bonchev–Trinajstić information content (AvgIpc) is 4.09. The van der Waals surface area contributed by atoms with E-state index >= 15 is 0 Å². The van der Waals surface area contributed by atoms with E-state index in [1.165, 1.54) is 92.3 Å². The third-order valence-electron chi connectivity index (χ3n) is 17.1. The monoisotopic (exact) mass is 819 g/mol. The second kappa shape index (κ2) is 12.7. The largest absolute Gasteiger partial charge is 0.456 e. The highest BCUT2D eigenvalue weighted by Crippen LogP contribution is 2.89. The Hall–Kier alpha value is -7.16. The van der Waals surface area contributed by atoms with Crippen LogP contribution in [0.4, 0.5) is 17.1 Å². The second-order valence-corrected chi connectivity index (χ2v) is 19.6. The standard InChI is InChI=1S/C62H45NO/c1-2-14-39(15-3-1)45-22-12-16-40-17-13-23-50(60(40)45)48-20-6-10-26-55(48)63(54-25-9-5-18-44(54)41-28-31-57-51(34-41)49-21-7-11-27-56(49)64-57)43-29-30-47-46-19-4-8-24-52(46)62(53(47)36-43)58-33-38-32-42-35-59(62)61(42,58)37-38/h1-31,34,36,38,42,58-59H,32-33,35,37H2. The minimum Gasteiger partial charge on any atom is -0.456 e. The molecule has 64 heavy (non-hydrogen) atoms. The van der Waals surface area contributed by atoms with Crippen molar-refractivity contribution in [3.05, 3.63) is 211 Å². The normalized spacial score (nSPS) is 24.1. The van der Waals surface area contributed by atoms with Gasteiger partial charge in [0.1, 0.15) is 11.2 Å². The molecule has 4 fully saturated rings. The molecule has 5 aliphatic carbocycles. The molecule has 1 heterocycles. The zero-order valence-corrected chi connectivity index (χ0v) is 35.5. The molecule has 15 rings (SSSR count). The lowest BCUT2D eigenvalue weighted by Gasteiger charge is -2.76. The van der Waals surface area contributed by atoms with E-state index in [1.807, 2.05) is 0 Å². The second-order valence-electron chi connectivity index (χ2n) is 19.6. The van der Waals surface area contributed by atoms with Crippen molar-refractivity contribution in [1.82, 2.24) is 0 Å². The Morgan fingerprint density at radius 1 is 0.438 bits per heavy atom. The predicted octanol–water partition coefficient (Wildman–Crippen LogP) is 16.5. The van der Waals surface area contributed by atoms with Crippen LogP contribution < -0.4 is 4.90 Å². The Kier molecular flexibility index (Phi) is 7.03. The Morgan fingerprint density at radius 2 is 1.11 bits per heavy atom. The summed E-state index contributed by atoms with van der Waals surface area (Å²) in [7, 11) is 0. The molecule has 0 saturated heterocycles. The first-order valence-corrected chi connectivity index (χ1v) is 23.4. The lowest BCUT2D eigenvalue weighted by Crippen LogP contribution is -2.73. The van der Waals surface area contributed by atoms with Crippen molar-refractivity contribution >= 4 is 49.8 Å². The van der Waals surface area contributed by atoms with E-state index in [1.54, 1.807) is 11.1 Å². The molecule has 6 atom stereocenters. The SMILES string of the molecule is c1ccc(-c2cccc3cccc(-c4ccccc4N(c4ccc5c(c4)C4(c6ccccc6-5)C5CC6CC7CC4C75C6)c4ccccc4-c4ccc5oc6ccccc6c5c4)c23)cc1. The first kappa shape index (κ1) is 35.3. The molecule has 2 spiro atoms. The number of para-hydroxylation sites is 3. The van der Waals surface area contributed by atoms with Gasteiger partial charge in [0.15, 0.2) is 0 Å². The maximum absolute atomic E-state index is 6.36. The van der Waals surface area contributed by atoms with Gasteiger partial charge in [0, 0.05) is 33.0 Å². The third kappa shape index (κ3) is 4.41. The number of furan rings is 1. The average molecular weight is 820 g/mol. The van der Waals surface area contributed by atoms with Crippen LogP contribution in [0.3, 0.4) is 0 Å². The number of fused-ring (bicyclic) bond motifs is 12. The lowest BCUT2D eigenvalue weighted by atomic mass is 9.27. The summed E-state index contributed by atoms with van der Waals surface area (Å²) in [4.78, 5) is 2.60. The van der Waals surface area contributed by atoms with E-state index < -0.39 is 0 Å². The lowest BCUT2D eigenvalue weighted by molar-refractivity contribution is -0.231. The quantitative estimate of drug-likeness (QED) is 0.166. The molecule has 5 aliphatic rings. The minimum absolute atomic E-state index is 0.0892. The molecule has 2 bridgehead atoms. The number of benzene rings is 9. The fourth-order valence-corrected chi connectivity index (χ4v) is 15.0. The predicted molar refractivity (Wildman–Crippen MR) is 263 cm³/mol. The van der Waals surface area contributed by atoms with Crippen LogP contribution in [0.2, 0.25) is 0 Å². The summed E-state index contributed by atoms with van der Waals surface area (Å²) in [5.41, 5.74) is 19.4. The van der Waals surface area contributed by atoms with E-state index in [0.29, 0.717) is 5.41 Å². The highest BCUT2D eigenvalue weighted by molar-refractivity contribution is 6.10. The van der Waals surface area contributed by atoms with Gasteiger partial charge < -0.3 is 9.32 Å². The topological polar surface area (TPSA) is 16.4 Å². The fourth-order valence-electron chi connectivity index (χ4n) is 15.0. The van der Waals surface area contributed by atoms with Gasteiger partial charge in [0.25, 0.3) is 0 Å². The number of rotatable bonds is 6. The minimum atomic E-state index is 0.0892. The van der Waals surface area contributed by atoms with E-state index in [2.05, 4.69) is 205 Å². The van der Waals surface area contributed by atoms with Gasteiger partial charge in [-0.15, -0.1) is 0 Å². The van der Waals surface area contributed by atoms with Gasteiger partial charge in [-0.1, -0.05) is 158 Å². The van der Waals surface area contributed by atoms with Gasteiger partial charge >= 0.3 is 0 Å². The molecular weight excluding hydrogens is 775 g/mol. The fraction of sp³-hybridized carbons (Fsp3) is 0.161. The highest BCUT2D eigenvalue weighted by Gasteiger charge is 2.84. The van der Waals surface area contributed by atoms with Crippen LogP contribution >= 0.6 is 0 Å². The van der Waals surface area contributed by atoms with Crippen molar-refractivity contribution in [2.45, 2.75) is 31.1 Å². The van der Waals surface area contributed by atoms with Crippen molar-refractivity contribution in [1.29, 1.82) is 0 Å². The molecule has 2 nitrogen and oxygen atoms in total. The van der Waals surface area contributed by atoms with Crippen LogP contribution in [0.25, 0.3) is 77.2 Å². The summed E-state index contributed by atoms with van der Waals surface area (Å²) in [5, 5.41) is 4.79. The van der Waals surface area contributed by atoms with Gasteiger partial charge in [0.2, 0.25) is 0 Å². The first-order valence-electron chi connectivity index (χ1n) is 23.4. The molecule has 9 aromatic carbocycles. The molecule has 6 unspecified atom stereocenters. The summed E-state index contributed by atoms with van der Waals surface area (Å²) in [6.07, 6.45) is 5.71. The molecule has 4 saturated carbocycles. The van der Waals surface area contributed by atoms with E-state index in [9.17, 15) is 0 Å². The van der Waals surface area contributed by atoms with Gasteiger partial charge in [0.05, 0.1) is 11.4 Å². The van der Waals surface area contributed by atoms with Crippen molar-refractivity contribution in [2.75, 3.05) is 4.90 Å². The summed E-state index contributed by atoms with van der Waals surface area (Å²) in [6.45, 7) is 0. The van der Waals surface area contributed by atoms with Crippen molar-refractivity contribution in [3.63, 3.8) is 0 Å². The Balaban J connectivity index is 0.988. The van der Waals surface area contributed by atoms with Crippen molar-refractivity contribution < 1.29 is 4.42 Å². The molecule has 0 aliphatic heterocycles.